The van der Waals surface area contributed by atoms with Crippen molar-refractivity contribution in [1.82, 2.24) is 0 Å². The van der Waals surface area contributed by atoms with Gasteiger partial charge in [-0.3, -0.25) is 4.79 Å². The van der Waals surface area contributed by atoms with Crippen molar-refractivity contribution >= 4 is 22.6 Å². The van der Waals surface area contributed by atoms with E-state index in [4.69, 9.17) is 14.0 Å². The monoisotopic (exact) mass is 604 g/mol. The molecule has 0 aromatic carbocycles. The molecule has 1 aliphatic carbocycles. The van der Waals surface area contributed by atoms with E-state index in [0.717, 1.165) is 25.7 Å². The first-order valence-corrected chi connectivity index (χ1v) is 21.6. The maximum atomic E-state index is 15.7. The molecule has 1 fully saturated rings. The predicted molar refractivity (Wildman–Crippen MR) is 170 cm³/mol. The van der Waals surface area contributed by atoms with Gasteiger partial charge >= 0.3 is 5.97 Å². The molecule has 0 bridgehead atoms. The third-order valence-electron chi connectivity index (χ3n) is 9.83. The third kappa shape index (κ3) is 11.6. The zero-order valence-corrected chi connectivity index (χ0v) is 29.6. The van der Waals surface area contributed by atoms with E-state index >= 15 is 8.78 Å². The number of rotatable bonds is 17. The lowest BCUT2D eigenvalue weighted by Crippen LogP contribution is -2.47. The van der Waals surface area contributed by atoms with Gasteiger partial charge in [0.15, 0.2) is 16.6 Å². The number of carboxylic acids is 1. The van der Waals surface area contributed by atoms with Crippen LogP contribution in [0.25, 0.3) is 0 Å². The number of aliphatic carboxylic acids is 1. The van der Waals surface area contributed by atoms with Crippen LogP contribution < -0.4 is 0 Å². The number of halogens is 2. The van der Waals surface area contributed by atoms with E-state index in [9.17, 15) is 4.79 Å². The van der Waals surface area contributed by atoms with Gasteiger partial charge in [-0.25, -0.2) is 8.78 Å². The number of carbonyl (C=O) groups is 1. The number of alkyl halides is 2. The van der Waals surface area contributed by atoms with Crippen molar-refractivity contribution in [3.05, 3.63) is 12.2 Å². The first-order valence-electron chi connectivity index (χ1n) is 15.8. The molecule has 0 spiro atoms. The van der Waals surface area contributed by atoms with Gasteiger partial charge in [-0.15, -0.1) is 0 Å². The Bertz CT molecular complexity index is 789. The topological polar surface area (TPSA) is 55.8 Å². The molecule has 0 aromatic rings. The molecule has 236 valence electrons. The second-order valence-electron chi connectivity index (χ2n) is 15.1. The fourth-order valence-electron chi connectivity index (χ4n) is 5.11. The largest absolute Gasteiger partial charge is 0.481 e. The van der Waals surface area contributed by atoms with Crippen molar-refractivity contribution in [2.24, 2.45) is 11.8 Å². The molecule has 1 saturated carbocycles. The van der Waals surface area contributed by atoms with Crippen LogP contribution in [0.4, 0.5) is 8.78 Å². The zero-order valence-electron chi connectivity index (χ0n) is 27.6. The molecule has 4 nitrogen and oxygen atoms in total. The molecular formula is C32H62F2O4Si2. The highest BCUT2D eigenvalue weighted by atomic mass is 28.4. The SMILES string of the molecule is CCCCC(F)[C@H](CC[C@@H]1[C@@H]([C@H](F)/C=C\CCCC(=O)O)CC[C@H]1O[Si](C)(C)C(C)(C)C)O[Si](C)(C)C(C)(C)C. The van der Waals surface area contributed by atoms with Crippen LogP contribution in [0.1, 0.15) is 113 Å². The molecule has 40 heavy (non-hydrogen) atoms. The number of carboxylic acid groups (broad SMARTS) is 1. The van der Waals surface area contributed by atoms with Crippen LogP contribution in [0.3, 0.4) is 0 Å². The zero-order chi connectivity index (χ0) is 30.9. The average Bonchev–Trinajstić information content (AvgIpc) is 3.19. The Hall–Kier alpha value is -0.576. The van der Waals surface area contributed by atoms with Gasteiger partial charge in [-0.05, 0) is 93.0 Å². The summed E-state index contributed by atoms with van der Waals surface area (Å²) in [6.45, 7) is 24.2. The molecule has 8 heteroatoms. The normalized spacial score (nSPS) is 23.5. The van der Waals surface area contributed by atoms with Crippen LogP contribution in [0.15, 0.2) is 12.2 Å². The van der Waals surface area contributed by atoms with Crippen LogP contribution in [0.2, 0.25) is 36.3 Å². The Kier molecular flexibility index (Phi) is 14.8. The lowest BCUT2D eigenvalue weighted by Gasteiger charge is -2.42. The molecule has 0 saturated heterocycles. The fourth-order valence-corrected chi connectivity index (χ4v) is 7.89. The number of hydrogen-bond acceptors (Lipinski definition) is 3. The van der Waals surface area contributed by atoms with E-state index in [1.165, 1.54) is 0 Å². The smallest absolute Gasteiger partial charge is 0.303 e. The van der Waals surface area contributed by atoms with E-state index in [-0.39, 0.29) is 34.4 Å². The maximum absolute atomic E-state index is 15.7. The average molecular weight is 605 g/mol. The summed E-state index contributed by atoms with van der Waals surface area (Å²) < 4.78 is 45.0. The first-order chi connectivity index (χ1) is 18.2. The highest BCUT2D eigenvalue weighted by Crippen LogP contribution is 2.46. The Labute approximate surface area is 247 Å². The Morgan fingerprint density at radius 1 is 0.975 bits per heavy atom. The van der Waals surface area contributed by atoms with E-state index in [0.29, 0.717) is 32.1 Å². The minimum atomic E-state index is -2.19. The van der Waals surface area contributed by atoms with Crippen LogP contribution in [0, 0.1) is 11.8 Å². The van der Waals surface area contributed by atoms with Crippen LogP contribution in [-0.2, 0) is 13.6 Å². The van der Waals surface area contributed by atoms with E-state index < -0.39 is 41.1 Å². The minimum absolute atomic E-state index is 0.00307. The Balaban J connectivity index is 3.18. The summed E-state index contributed by atoms with van der Waals surface area (Å²) in [5, 5.41) is 8.90. The standard InChI is InChI=1S/C32H62F2O4Si2/c1-12-13-17-27(34)29(38-40(10,11)32(5,6)7)23-21-25-24(26(33)18-15-14-16-19-30(35)36)20-22-28(25)37-39(8,9)31(2,3)4/h15,18,24-29H,12-14,16-17,19-23H2,1-11H3,(H,35,36)/b18-15-/t24-,25+,26+,27?,28+,29-/m0/s1. The van der Waals surface area contributed by atoms with Gasteiger partial charge < -0.3 is 14.0 Å². The quantitative estimate of drug-likeness (QED) is 0.102. The number of unbranched alkanes of at least 4 members (excludes halogenated alkanes) is 2. The molecule has 0 radical (unpaired) electrons. The molecule has 0 amide bonds. The van der Waals surface area contributed by atoms with Gasteiger partial charge in [-0.2, -0.15) is 0 Å². The van der Waals surface area contributed by atoms with Crippen molar-refractivity contribution in [2.75, 3.05) is 0 Å². The third-order valence-corrected chi connectivity index (χ3v) is 18.8. The van der Waals surface area contributed by atoms with Crippen LogP contribution >= 0.6 is 0 Å². The first kappa shape index (κ1) is 37.4. The molecule has 6 atom stereocenters. The van der Waals surface area contributed by atoms with Crippen LogP contribution in [0.5, 0.6) is 0 Å². The summed E-state index contributed by atoms with van der Waals surface area (Å²) in [5.74, 6) is -1.02. The highest BCUT2D eigenvalue weighted by molar-refractivity contribution is 6.74. The maximum Gasteiger partial charge on any atom is 0.303 e. The van der Waals surface area contributed by atoms with Crippen LogP contribution in [-0.4, -0.2) is 52.3 Å². The molecule has 0 aliphatic heterocycles. The number of allylic oxidation sites excluding steroid dienone is 2. The summed E-state index contributed by atoms with van der Waals surface area (Å²) in [6.07, 6.45) is 7.00. The highest BCUT2D eigenvalue weighted by Gasteiger charge is 2.47. The molecule has 1 N–H and O–H groups in total. The summed E-state index contributed by atoms with van der Waals surface area (Å²) in [7, 11) is -4.27. The Morgan fingerprint density at radius 3 is 2.10 bits per heavy atom. The molecule has 1 rings (SSSR count). The molecule has 1 aliphatic rings. The minimum Gasteiger partial charge on any atom is -0.481 e. The van der Waals surface area contributed by atoms with E-state index in [1.807, 2.05) is 0 Å². The van der Waals surface area contributed by atoms with Crippen molar-refractivity contribution in [1.29, 1.82) is 0 Å². The summed E-state index contributed by atoms with van der Waals surface area (Å²) in [6, 6.07) is 0. The van der Waals surface area contributed by atoms with Crippen molar-refractivity contribution in [2.45, 2.75) is 173 Å². The van der Waals surface area contributed by atoms with Crippen molar-refractivity contribution < 1.29 is 27.5 Å². The predicted octanol–water partition coefficient (Wildman–Crippen LogP) is 10.3. The van der Waals surface area contributed by atoms with Gasteiger partial charge in [0.25, 0.3) is 0 Å². The molecule has 0 aromatic heterocycles. The second kappa shape index (κ2) is 15.8. The van der Waals surface area contributed by atoms with Gasteiger partial charge in [0, 0.05) is 12.5 Å². The van der Waals surface area contributed by atoms with Crippen molar-refractivity contribution in [3.8, 4) is 0 Å². The molecule has 0 heterocycles. The van der Waals surface area contributed by atoms with Gasteiger partial charge in [-0.1, -0.05) is 73.5 Å². The van der Waals surface area contributed by atoms with Gasteiger partial charge in [0.1, 0.15) is 12.3 Å². The van der Waals surface area contributed by atoms with E-state index in [2.05, 4.69) is 74.7 Å². The van der Waals surface area contributed by atoms with Crippen molar-refractivity contribution in [3.63, 3.8) is 0 Å². The summed E-state index contributed by atoms with van der Waals surface area (Å²) in [5.41, 5.74) is 0. The van der Waals surface area contributed by atoms with Gasteiger partial charge in [0.2, 0.25) is 0 Å². The molecular weight excluding hydrogens is 543 g/mol. The Morgan fingerprint density at radius 2 is 1.57 bits per heavy atom. The summed E-state index contributed by atoms with van der Waals surface area (Å²) >= 11 is 0. The van der Waals surface area contributed by atoms with E-state index in [1.54, 1.807) is 12.2 Å². The lowest BCUT2D eigenvalue weighted by molar-refractivity contribution is -0.137. The number of hydrogen-bond donors (Lipinski definition) is 1. The fraction of sp³-hybridized carbons (Fsp3) is 0.906. The lowest BCUT2D eigenvalue weighted by atomic mass is 9.85. The molecule has 1 unspecified atom stereocenters. The van der Waals surface area contributed by atoms with Gasteiger partial charge in [0.05, 0.1) is 6.10 Å². The summed E-state index contributed by atoms with van der Waals surface area (Å²) in [4.78, 5) is 10.8. The second-order valence-corrected chi connectivity index (χ2v) is 24.6.